The third-order valence-electron chi connectivity index (χ3n) is 3.41. The molecule has 1 fully saturated rings. The Bertz CT molecular complexity index is 183. The molecule has 1 rings (SSSR count). The van der Waals surface area contributed by atoms with E-state index in [2.05, 4.69) is 18.7 Å². The van der Waals surface area contributed by atoms with Crippen LogP contribution in [0.5, 0.6) is 0 Å². The van der Waals surface area contributed by atoms with E-state index in [1.54, 1.807) is 0 Å². The molecular formula is C11H23N3. The summed E-state index contributed by atoms with van der Waals surface area (Å²) in [6.45, 7) is 6.62. The lowest BCUT2D eigenvalue weighted by Gasteiger charge is -2.36. The van der Waals surface area contributed by atoms with Crippen LogP contribution >= 0.6 is 0 Å². The van der Waals surface area contributed by atoms with Gasteiger partial charge in [-0.3, -0.25) is 10.3 Å². The monoisotopic (exact) mass is 197 g/mol. The van der Waals surface area contributed by atoms with Gasteiger partial charge in [0.2, 0.25) is 0 Å². The van der Waals surface area contributed by atoms with E-state index in [4.69, 9.17) is 11.1 Å². The van der Waals surface area contributed by atoms with Crippen LogP contribution in [0.25, 0.3) is 0 Å². The maximum absolute atomic E-state index is 7.52. The maximum Gasteiger partial charge on any atom is 0.108 e. The van der Waals surface area contributed by atoms with Gasteiger partial charge in [-0.15, -0.1) is 0 Å². The predicted molar refractivity (Wildman–Crippen MR) is 60.6 cm³/mol. The van der Waals surface area contributed by atoms with Gasteiger partial charge < -0.3 is 5.73 Å². The van der Waals surface area contributed by atoms with Crippen LogP contribution in [-0.2, 0) is 0 Å². The molecule has 0 amide bonds. The molecule has 82 valence electrons. The third kappa shape index (κ3) is 2.71. The second kappa shape index (κ2) is 5.35. The van der Waals surface area contributed by atoms with Crippen molar-refractivity contribution in [2.24, 2.45) is 11.7 Å². The molecule has 1 atom stereocenters. The minimum Gasteiger partial charge on any atom is -0.386 e. The summed E-state index contributed by atoms with van der Waals surface area (Å²) in [6.07, 6.45) is 4.82. The molecule has 0 aromatic heterocycles. The van der Waals surface area contributed by atoms with Gasteiger partial charge in [-0.2, -0.15) is 0 Å². The number of nitrogens with zero attached hydrogens (tertiary/aromatic N) is 1. The zero-order chi connectivity index (χ0) is 10.6. The Labute approximate surface area is 87.2 Å². The van der Waals surface area contributed by atoms with Crippen LogP contribution in [0.2, 0.25) is 0 Å². The van der Waals surface area contributed by atoms with Crippen LogP contribution in [0, 0.1) is 11.3 Å². The molecule has 1 aliphatic rings. The van der Waals surface area contributed by atoms with Gasteiger partial charge in [-0.25, -0.2) is 0 Å². The SMILES string of the molecule is CCC1CCN(C(CC)C(=N)N)CC1. The minimum absolute atomic E-state index is 0.188. The molecular weight excluding hydrogens is 174 g/mol. The Morgan fingerprint density at radius 2 is 2.00 bits per heavy atom. The molecule has 0 aromatic rings. The van der Waals surface area contributed by atoms with E-state index in [1.165, 1.54) is 19.3 Å². The summed E-state index contributed by atoms with van der Waals surface area (Å²) in [4.78, 5) is 2.37. The summed E-state index contributed by atoms with van der Waals surface area (Å²) in [5.41, 5.74) is 5.59. The lowest BCUT2D eigenvalue weighted by atomic mass is 9.93. The highest BCUT2D eigenvalue weighted by atomic mass is 15.2. The van der Waals surface area contributed by atoms with Gasteiger partial charge in [-0.05, 0) is 38.3 Å². The first-order valence-electron chi connectivity index (χ1n) is 5.77. The summed E-state index contributed by atoms with van der Waals surface area (Å²) in [5.74, 6) is 1.23. The van der Waals surface area contributed by atoms with E-state index in [0.717, 1.165) is 25.4 Å². The van der Waals surface area contributed by atoms with Crippen molar-refractivity contribution in [1.29, 1.82) is 5.41 Å². The van der Waals surface area contributed by atoms with Crippen molar-refractivity contribution in [2.75, 3.05) is 13.1 Å². The second-order valence-corrected chi connectivity index (χ2v) is 4.27. The van der Waals surface area contributed by atoms with Crippen molar-refractivity contribution in [1.82, 2.24) is 4.90 Å². The number of nitrogens with one attached hydrogen (secondary N) is 1. The second-order valence-electron chi connectivity index (χ2n) is 4.27. The molecule has 0 spiro atoms. The molecule has 14 heavy (non-hydrogen) atoms. The van der Waals surface area contributed by atoms with Gasteiger partial charge in [0.05, 0.1) is 6.04 Å². The molecule has 0 aliphatic carbocycles. The Kier molecular flexibility index (Phi) is 4.39. The maximum atomic E-state index is 7.52. The molecule has 0 bridgehead atoms. The number of hydrogen-bond acceptors (Lipinski definition) is 2. The quantitative estimate of drug-likeness (QED) is 0.533. The molecule has 1 unspecified atom stereocenters. The van der Waals surface area contributed by atoms with Crippen molar-refractivity contribution in [2.45, 2.75) is 45.6 Å². The van der Waals surface area contributed by atoms with E-state index in [1.807, 2.05) is 0 Å². The largest absolute Gasteiger partial charge is 0.386 e. The number of nitrogens with two attached hydrogens (primary N) is 1. The van der Waals surface area contributed by atoms with Gasteiger partial charge in [0.15, 0.2) is 0 Å². The first kappa shape index (κ1) is 11.5. The van der Waals surface area contributed by atoms with E-state index in [-0.39, 0.29) is 6.04 Å². The lowest BCUT2D eigenvalue weighted by Crippen LogP contribution is -2.47. The molecule has 3 N–H and O–H groups in total. The van der Waals surface area contributed by atoms with Gasteiger partial charge in [0, 0.05) is 0 Å². The van der Waals surface area contributed by atoms with Crippen molar-refractivity contribution in [3.8, 4) is 0 Å². The van der Waals surface area contributed by atoms with Crippen molar-refractivity contribution in [3.05, 3.63) is 0 Å². The molecule has 0 saturated carbocycles. The van der Waals surface area contributed by atoms with Crippen molar-refractivity contribution >= 4 is 5.84 Å². The van der Waals surface area contributed by atoms with Crippen LogP contribution in [0.1, 0.15) is 39.5 Å². The van der Waals surface area contributed by atoms with E-state index in [0.29, 0.717) is 5.84 Å². The van der Waals surface area contributed by atoms with Crippen molar-refractivity contribution < 1.29 is 0 Å². The zero-order valence-corrected chi connectivity index (χ0v) is 9.42. The van der Waals surface area contributed by atoms with Crippen molar-refractivity contribution in [3.63, 3.8) is 0 Å². The summed E-state index contributed by atoms with van der Waals surface area (Å²) in [5, 5.41) is 7.52. The standard InChI is InChI=1S/C11H23N3/c1-3-9-5-7-14(8-6-9)10(4-2)11(12)13/h9-10H,3-8H2,1-2H3,(H3,12,13). The Morgan fingerprint density at radius 3 is 2.36 bits per heavy atom. The van der Waals surface area contributed by atoms with Gasteiger partial charge >= 0.3 is 0 Å². The average Bonchev–Trinajstić information content (AvgIpc) is 2.19. The number of hydrogen-bond donors (Lipinski definition) is 2. The minimum atomic E-state index is 0.188. The molecule has 1 aliphatic heterocycles. The zero-order valence-electron chi connectivity index (χ0n) is 9.42. The van der Waals surface area contributed by atoms with E-state index >= 15 is 0 Å². The highest BCUT2D eigenvalue weighted by Crippen LogP contribution is 2.22. The molecule has 1 saturated heterocycles. The summed E-state index contributed by atoms with van der Waals surface area (Å²) in [7, 11) is 0. The molecule has 1 heterocycles. The number of amidine groups is 1. The molecule has 0 radical (unpaired) electrons. The first-order chi connectivity index (χ1) is 6.69. The highest BCUT2D eigenvalue weighted by molar-refractivity contribution is 5.82. The Balaban J connectivity index is 2.43. The fraction of sp³-hybridized carbons (Fsp3) is 0.909. The number of likely N-dealkylation sites (tertiary alicyclic amines) is 1. The van der Waals surface area contributed by atoms with E-state index in [9.17, 15) is 0 Å². The fourth-order valence-corrected chi connectivity index (χ4v) is 2.35. The highest BCUT2D eigenvalue weighted by Gasteiger charge is 2.24. The molecule has 3 nitrogen and oxygen atoms in total. The van der Waals surface area contributed by atoms with Crippen LogP contribution in [0.4, 0.5) is 0 Å². The van der Waals surface area contributed by atoms with Crippen LogP contribution in [-0.4, -0.2) is 29.9 Å². The smallest absolute Gasteiger partial charge is 0.108 e. The Hall–Kier alpha value is -0.570. The third-order valence-corrected chi connectivity index (χ3v) is 3.41. The van der Waals surface area contributed by atoms with Gasteiger partial charge in [-0.1, -0.05) is 20.3 Å². The lowest BCUT2D eigenvalue weighted by molar-refractivity contribution is 0.157. The first-order valence-corrected chi connectivity index (χ1v) is 5.77. The number of rotatable bonds is 4. The van der Waals surface area contributed by atoms with Crippen LogP contribution in [0.3, 0.4) is 0 Å². The molecule has 0 aromatic carbocycles. The summed E-state index contributed by atoms with van der Waals surface area (Å²) in [6, 6.07) is 0.188. The molecule has 3 heteroatoms. The average molecular weight is 197 g/mol. The van der Waals surface area contributed by atoms with Gasteiger partial charge in [0.25, 0.3) is 0 Å². The normalized spacial score (nSPS) is 22.1. The fourth-order valence-electron chi connectivity index (χ4n) is 2.35. The number of piperidine rings is 1. The van der Waals surface area contributed by atoms with Crippen LogP contribution in [0.15, 0.2) is 0 Å². The predicted octanol–water partition coefficient (Wildman–Crippen LogP) is 1.82. The van der Waals surface area contributed by atoms with E-state index < -0.39 is 0 Å². The summed E-state index contributed by atoms with van der Waals surface area (Å²) < 4.78 is 0. The van der Waals surface area contributed by atoms with Gasteiger partial charge in [0.1, 0.15) is 5.84 Å². The topological polar surface area (TPSA) is 53.1 Å². The van der Waals surface area contributed by atoms with Crippen LogP contribution < -0.4 is 5.73 Å². The Morgan fingerprint density at radius 1 is 1.43 bits per heavy atom. The summed E-state index contributed by atoms with van der Waals surface area (Å²) >= 11 is 0.